The van der Waals surface area contributed by atoms with Gasteiger partial charge in [-0.05, 0) is 12.1 Å². The van der Waals surface area contributed by atoms with Crippen LogP contribution in [0.1, 0.15) is 26.4 Å². The molecule has 2 heterocycles. The van der Waals surface area contributed by atoms with E-state index in [1.807, 2.05) is 0 Å². The van der Waals surface area contributed by atoms with Crippen LogP contribution in [0.5, 0.6) is 0 Å². The standard InChI is InChI=1S/C16H14FNO5S/c1-22-15(19)12-11-7-24(21)8-18(11)14(13(12)16(20)23-2)9-4-3-5-10(17)6-9/h3-6H,7-8H2,1-2H3/t24-/m1/s1. The van der Waals surface area contributed by atoms with Gasteiger partial charge in [0.2, 0.25) is 0 Å². The van der Waals surface area contributed by atoms with Crippen LogP contribution in [0.15, 0.2) is 24.3 Å². The van der Waals surface area contributed by atoms with E-state index in [0.29, 0.717) is 17.0 Å². The summed E-state index contributed by atoms with van der Waals surface area (Å²) in [5.74, 6) is -1.72. The molecule has 0 spiro atoms. The highest BCUT2D eigenvalue weighted by atomic mass is 32.2. The van der Waals surface area contributed by atoms with Gasteiger partial charge in [-0.2, -0.15) is 0 Å². The number of ether oxygens (including phenoxy) is 2. The lowest BCUT2D eigenvalue weighted by Gasteiger charge is -2.09. The minimum absolute atomic E-state index is 0.00153. The fraction of sp³-hybridized carbons (Fsp3) is 0.250. The normalized spacial score (nSPS) is 15.9. The van der Waals surface area contributed by atoms with Crippen molar-refractivity contribution < 1.29 is 27.7 Å². The largest absolute Gasteiger partial charge is 0.465 e. The smallest absolute Gasteiger partial charge is 0.340 e. The van der Waals surface area contributed by atoms with Crippen molar-refractivity contribution in [1.29, 1.82) is 0 Å². The van der Waals surface area contributed by atoms with Crippen molar-refractivity contribution in [2.45, 2.75) is 11.6 Å². The summed E-state index contributed by atoms with van der Waals surface area (Å²) < 4.78 is 36.8. The Hall–Kier alpha value is -2.48. The molecule has 0 saturated carbocycles. The second kappa shape index (κ2) is 6.20. The van der Waals surface area contributed by atoms with Gasteiger partial charge in [-0.25, -0.2) is 14.0 Å². The number of hydrogen-bond donors (Lipinski definition) is 0. The number of benzene rings is 1. The molecule has 1 aliphatic heterocycles. The average molecular weight is 351 g/mol. The average Bonchev–Trinajstić information content (AvgIpc) is 3.07. The van der Waals surface area contributed by atoms with E-state index in [1.165, 1.54) is 32.4 Å². The second-order valence-electron chi connectivity index (χ2n) is 5.18. The summed E-state index contributed by atoms with van der Waals surface area (Å²) >= 11 is 0. The molecule has 0 saturated heterocycles. The number of esters is 2. The van der Waals surface area contributed by atoms with Crippen LogP contribution in [0.3, 0.4) is 0 Å². The summed E-state index contributed by atoms with van der Waals surface area (Å²) in [6.45, 7) is 0. The Morgan fingerprint density at radius 1 is 1.17 bits per heavy atom. The molecule has 0 amide bonds. The molecule has 0 bridgehead atoms. The molecule has 0 N–H and O–H groups in total. The summed E-state index contributed by atoms with van der Waals surface area (Å²) in [4.78, 5) is 24.5. The van der Waals surface area contributed by atoms with Crippen molar-refractivity contribution in [3.05, 3.63) is 46.9 Å². The van der Waals surface area contributed by atoms with Gasteiger partial charge in [-0.1, -0.05) is 12.1 Å². The van der Waals surface area contributed by atoms with Gasteiger partial charge in [0.25, 0.3) is 0 Å². The molecule has 1 aromatic carbocycles. The van der Waals surface area contributed by atoms with Crippen LogP contribution < -0.4 is 0 Å². The van der Waals surface area contributed by atoms with Crippen LogP contribution in [-0.4, -0.2) is 34.9 Å². The molecule has 2 aromatic rings. The van der Waals surface area contributed by atoms with E-state index in [-0.39, 0.29) is 22.8 Å². The van der Waals surface area contributed by atoms with E-state index in [1.54, 1.807) is 10.6 Å². The Morgan fingerprint density at radius 2 is 1.83 bits per heavy atom. The van der Waals surface area contributed by atoms with Crippen molar-refractivity contribution in [3.8, 4) is 11.3 Å². The number of hydrogen-bond acceptors (Lipinski definition) is 5. The van der Waals surface area contributed by atoms with Crippen molar-refractivity contribution in [2.24, 2.45) is 0 Å². The SMILES string of the molecule is COC(=O)c1c(C(=O)OC)c(-c2cccc(F)c2)n2c1C[S@@](=O)C2. The lowest BCUT2D eigenvalue weighted by atomic mass is 10.0. The highest BCUT2D eigenvalue weighted by Gasteiger charge is 2.36. The molecule has 24 heavy (non-hydrogen) atoms. The predicted molar refractivity (Wildman–Crippen MR) is 84.4 cm³/mol. The van der Waals surface area contributed by atoms with E-state index in [9.17, 15) is 18.2 Å². The third kappa shape index (κ3) is 2.52. The third-order valence-electron chi connectivity index (χ3n) is 3.82. The van der Waals surface area contributed by atoms with E-state index >= 15 is 0 Å². The number of carbonyl (C=O) groups is 2. The third-order valence-corrected chi connectivity index (χ3v) is 4.96. The molecule has 1 atom stereocenters. The monoisotopic (exact) mass is 351 g/mol. The summed E-state index contributed by atoms with van der Waals surface area (Å²) in [7, 11) is 1.17. The van der Waals surface area contributed by atoms with Crippen LogP contribution >= 0.6 is 0 Å². The first-order valence-electron chi connectivity index (χ1n) is 7.00. The zero-order valence-corrected chi connectivity index (χ0v) is 13.8. The number of halogens is 1. The molecule has 0 aliphatic carbocycles. The van der Waals surface area contributed by atoms with Gasteiger partial charge in [0.05, 0.1) is 37.1 Å². The molecule has 1 aliphatic rings. The number of fused-ring (bicyclic) bond motifs is 1. The molecular formula is C16H14FNO5S. The Labute approximate surface area is 139 Å². The van der Waals surface area contributed by atoms with Crippen LogP contribution in [0.4, 0.5) is 4.39 Å². The number of rotatable bonds is 3. The van der Waals surface area contributed by atoms with Crippen molar-refractivity contribution >= 4 is 22.7 Å². The van der Waals surface area contributed by atoms with Crippen LogP contribution in [0, 0.1) is 5.82 Å². The minimum Gasteiger partial charge on any atom is -0.465 e. The maximum Gasteiger partial charge on any atom is 0.340 e. The first-order chi connectivity index (χ1) is 11.5. The summed E-state index contributed by atoms with van der Waals surface area (Å²) in [5.41, 5.74) is 1.16. The van der Waals surface area contributed by atoms with Gasteiger partial charge in [0, 0.05) is 22.1 Å². The zero-order valence-electron chi connectivity index (χ0n) is 13.0. The topological polar surface area (TPSA) is 74.6 Å². The predicted octanol–water partition coefficient (Wildman–Crippen LogP) is 2.09. The molecule has 1 aromatic heterocycles. The fourth-order valence-corrected chi connectivity index (χ4v) is 4.13. The Kier molecular flexibility index (Phi) is 4.23. The quantitative estimate of drug-likeness (QED) is 0.792. The van der Waals surface area contributed by atoms with Crippen LogP contribution in [0.25, 0.3) is 11.3 Å². The van der Waals surface area contributed by atoms with Gasteiger partial charge >= 0.3 is 11.9 Å². The molecule has 126 valence electrons. The van der Waals surface area contributed by atoms with E-state index in [4.69, 9.17) is 9.47 Å². The summed E-state index contributed by atoms with van der Waals surface area (Å²) in [6.07, 6.45) is 0. The van der Waals surface area contributed by atoms with Gasteiger partial charge < -0.3 is 14.0 Å². The molecule has 0 fully saturated rings. The number of carbonyl (C=O) groups excluding carboxylic acids is 2. The summed E-state index contributed by atoms with van der Waals surface area (Å²) in [6, 6.07) is 5.63. The molecular weight excluding hydrogens is 337 g/mol. The zero-order chi connectivity index (χ0) is 17.4. The van der Waals surface area contributed by atoms with Gasteiger partial charge in [0.1, 0.15) is 11.4 Å². The lowest BCUT2D eigenvalue weighted by Crippen LogP contribution is -2.12. The molecule has 8 heteroatoms. The Bertz CT molecular complexity index is 874. The molecule has 0 radical (unpaired) electrons. The van der Waals surface area contributed by atoms with Gasteiger partial charge in [0.15, 0.2) is 0 Å². The Morgan fingerprint density at radius 3 is 2.46 bits per heavy atom. The minimum atomic E-state index is -1.22. The van der Waals surface area contributed by atoms with E-state index < -0.39 is 28.6 Å². The van der Waals surface area contributed by atoms with Crippen LogP contribution in [0.2, 0.25) is 0 Å². The van der Waals surface area contributed by atoms with E-state index in [2.05, 4.69) is 0 Å². The number of aromatic nitrogens is 1. The maximum atomic E-state index is 13.7. The second-order valence-corrected chi connectivity index (χ2v) is 6.61. The number of nitrogens with zero attached hydrogens (tertiary/aromatic N) is 1. The number of methoxy groups -OCH3 is 2. The van der Waals surface area contributed by atoms with Crippen molar-refractivity contribution in [2.75, 3.05) is 14.2 Å². The van der Waals surface area contributed by atoms with Gasteiger partial charge in [-0.3, -0.25) is 4.21 Å². The van der Waals surface area contributed by atoms with Crippen molar-refractivity contribution in [3.63, 3.8) is 0 Å². The lowest BCUT2D eigenvalue weighted by molar-refractivity contribution is 0.0556. The summed E-state index contributed by atoms with van der Waals surface area (Å²) in [5, 5.41) is 0. The first kappa shape index (κ1) is 16.4. The van der Waals surface area contributed by atoms with Crippen molar-refractivity contribution in [1.82, 2.24) is 4.57 Å². The molecule has 3 rings (SSSR count). The fourth-order valence-electron chi connectivity index (χ4n) is 2.86. The first-order valence-corrected chi connectivity index (χ1v) is 8.49. The highest BCUT2D eigenvalue weighted by Crippen LogP contribution is 2.37. The Balaban J connectivity index is 2.37. The van der Waals surface area contributed by atoms with Gasteiger partial charge in [-0.15, -0.1) is 0 Å². The van der Waals surface area contributed by atoms with Crippen LogP contribution in [-0.2, 0) is 31.9 Å². The highest BCUT2D eigenvalue weighted by molar-refractivity contribution is 7.83. The maximum absolute atomic E-state index is 13.7. The van der Waals surface area contributed by atoms with E-state index in [0.717, 1.165) is 0 Å². The molecule has 0 unspecified atom stereocenters. The molecule has 6 nitrogen and oxygen atoms in total.